The zero-order chi connectivity index (χ0) is 13.8. The van der Waals surface area contributed by atoms with E-state index in [1.54, 1.807) is 38.1 Å². The first kappa shape index (κ1) is 14.5. The fourth-order valence-corrected chi connectivity index (χ4v) is 1.63. The number of hydrogen-bond donors (Lipinski definition) is 2. The van der Waals surface area contributed by atoms with Crippen LogP contribution in [0.15, 0.2) is 24.3 Å². The van der Waals surface area contributed by atoms with Crippen molar-refractivity contribution in [1.82, 2.24) is 5.32 Å². The lowest BCUT2D eigenvalue weighted by Gasteiger charge is -2.24. The summed E-state index contributed by atoms with van der Waals surface area (Å²) in [6, 6.07) is 7.03. The molecule has 0 aliphatic heterocycles. The van der Waals surface area contributed by atoms with Gasteiger partial charge in [0.25, 0.3) is 0 Å². The average Bonchev–Trinajstić information content (AvgIpc) is 2.28. The SMILES string of the molecule is CC(C)(C(=O)NCCC(=O)O)c1ccc(Cl)cc1. The van der Waals surface area contributed by atoms with Crippen molar-refractivity contribution in [2.75, 3.05) is 6.54 Å². The Kier molecular flexibility index (Phi) is 4.73. The molecule has 1 rings (SSSR count). The van der Waals surface area contributed by atoms with Crippen molar-refractivity contribution in [1.29, 1.82) is 0 Å². The van der Waals surface area contributed by atoms with Crippen molar-refractivity contribution in [2.45, 2.75) is 25.7 Å². The molecule has 4 nitrogen and oxygen atoms in total. The summed E-state index contributed by atoms with van der Waals surface area (Å²) in [7, 11) is 0. The second-order valence-electron chi connectivity index (χ2n) is 4.53. The first-order valence-corrected chi connectivity index (χ1v) is 5.98. The fourth-order valence-electron chi connectivity index (χ4n) is 1.50. The average molecular weight is 270 g/mol. The summed E-state index contributed by atoms with van der Waals surface area (Å²) in [5.41, 5.74) is 0.114. The molecule has 0 aromatic heterocycles. The molecule has 18 heavy (non-hydrogen) atoms. The minimum absolute atomic E-state index is 0.0809. The highest BCUT2D eigenvalue weighted by Crippen LogP contribution is 2.24. The van der Waals surface area contributed by atoms with Crippen molar-refractivity contribution in [3.8, 4) is 0 Å². The Morgan fingerprint density at radius 2 is 1.83 bits per heavy atom. The van der Waals surface area contributed by atoms with E-state index in [1.165, 1.54) is 0 Å². The minimum Gasteiger partial charge on any atom is -0.481 e. The van der Waals surface area contributed by atoms with E-state index < -0.39 is 11.4 Å². The van der Waals surface area contributed by atoms with Gasteiger partial charge in [-0.25, -0.2) is 0 Å². The number of carbonyl (C=O) groups is 2. The van der Waals surface area contributed by atoms with Gasteiger partial charge < -0.3 is 10.4 Å². The Balaban J connectivity index is 2.70. The van der Waals surface area contributed by atoms with Crippen LogP contribution in [0.1, 0.15) is 25.8 Å². The molecular formula is C13H16ClNO3. The van der Waals surface area contributed by atoms with Gasteiger partial charge in [-0.3, -0.25) is 9.59 Å². The van der Waals surface area contributed by atoms with Gasteiger partial charge in [0.1, 0.15) is 0 Å². The Labute approximate surface area is 111 Å². The van der Waals surface area contributed by atoms with Gasteiger partial charge in [0, 0.05) is 11.6 Å². The van der Waals surface area contributed by atoms with Gasteiger partial charge in [-0.05, 0) is 31.5 Å². The highest BCUT2D eigenvalue weighted by molar-refractivity contribution is 6.30. The maximum absolute atomic E-state index is 12.0. The number of nitrogens with one attached hydrogen (secondary N) is 1. The number of carboxylic acid groups (broad SMARTS) is 1. The van der Waals surface area contributed by atoms with Crippen LogP contribution in [0.25, 0.3) is 0 Å². The van der Waals surface area contributed by atoms with Gasteiger partial charge in [0.15, 0.2) is 0 Å². The number of halogens is 1. The smallest absolute Gasteiger partial charge is 0.305 e. The van der Waals surface area contributed by atoms with E-state index in [0.717, 1.165) is 5.56 Å². The predicted octanol–water partition coefficient (Wildman–Crippen LogP) is 2.21. The molecule has 98 valence electrons. The van der Waals surface area contributed by atoms with E-state index in [-0.39, 0.29) is 18.9 Å². The highest BCUT2D eigenvalue weighted by atomic mass is 35.5. The summed E-state index contributed by atoms with van der Waals surface area (Å²) in [4.78, 5) is 22.4. The van der Waals surface area contributed by atoms with Crippen LogP contribution in [0.3, 0.4) is 0 Å². The van der Waals surface area contributed by atoms with Crippen LogP contribution in [0, 0.1) is 0 Å². The van der Waals surface area contributed by atoms with E-state index in [2.05, 4.69) is 5.32 Å². The summed E-state index contributed by atoms with van der Waals surface area (Å²) >= 11 is 5.79. The lowest BCUT2D eigenvalue weighted by atomic mass is 9.84. The molecule has 0 aliphatic rings. The van der Waals surface area contributed by atoms with E-state index in [1.807, 2.05) is 0 Å². The molecule has 0 fully saturated rings. The molecule has 0 saturated carbocycles. The molecule has 2 N–H and O–H groups in total. The first-order chi connectivity index (χ1) is 8.34. The molecule has 0 radical (unpaired) electrons. The molecule has 1 aromatic rings. The van der Waals surface area contributed by atoms with Gasteiger partial charge in [-0.1, -0.05) is 23.7 Å². The van der Waals surface area contributed by atoms with Crippen molar-refractivity contribution >= 4 is 23.5 Å². The molecular weight excluding hydrogens is 254 g/mol. The monoisotopic (exact) mass is 269 g/mol. The third kappa shape index (κ3) is 3.74. The van der Waals surface area contributed by atoms with Crippen molar-refractivity contribution in [3.63, 3.8) is 0 Å². The Morgan fingerprint density at radius 3 is 2.33 bits per heavy atom. The summed E-state index contributed by atoms with van der Waals surface area (Å²) in [5, 5.41) is 11.7. The van der Waals surface area contributed by atoms with Gasteiger partial charge in [-0.15, -0.1) is 0 Å². The summed E-state index contributed by atoms with van der Waals surface area (Å²) < 4.78 is 0. The number of aliphatic carboxylic acids is 1. The van der Waals surface area contributed by atoms with Gasteiger partial charge in [0.2, 0.25) is 5.91 Å². The molecule has 0 saturated heterocycles. The predicted molar refractivity (Wildman–Crippen MR) is 69.7 cm³/mol. The third-order valence-electron chi connectivity index (χ3n) is 2.76. The van der Waals surface area contributed by atoms with Gasteiger partial charge >= 0.3 is 5.97 Å². The summed E-state index contributed by atoms with van der Waals surface area (Å²) in [6.45, 7) is 3.70. The zero-order valence-electron chi connectivity index (χ0n) is 10.4. The molecule has 0 bridgehead atoms. The van der Waals surface area contributed by atoms with E-state index in [4.69, 9.17) is 16.7 Å². The minimum atomic E-state index is -0.931. The van der Waals surface area contributed by atoms with Crippen molar-refractivity contribution in [2.24, 2.45) is 0 Å². The molecule has 0 atom stereocenters. The standard InChI is InChI=1S/C13H16ClNO3/c1-13(2,9-3-5-10(14)6-4-9)12(18)15-8-7-11(16)17/h3-6H,7-8H2,1-2H3,(H,15,18)(H,16,17). The second kappa shape index (κ2) is 5.87. The lowest BCUT2D eigenvalue weighted by Crippen LogP contribution is -2.40. The van der Waals surface area contributed by atoms with Gasteiger partial charge in [-0.2, -0.15) is 0 Å². The zero-order valence-corrected chi connectivity index (χ0v) is 11.1. The lowest BCUT2D eigenvalue weighted by molar-refractivity contribution is -0.137. The number of benzene rings is 1. The first-order valence-electron chi connectivity index (χ1n) is 5.60. The number of hydrogen-bond acceptors (Lipinski definition) is 2. The molecule has 0 spiro atoms. The second-order valence-corrected chi connectivity index (χ2v) is 4.97. The Morgan fingerprint density at radius 1 is 1.28 bits per heavy atom. The topological polar surface area (TPSA) is 66.4 Å². The number of carbonyl (C=O) groups excluding carboxylic acids is 1. The maximum Gasteiger partial charge on any atom is 0.305 e. The van der Waals surface area contributed by atoms with Crippen molar-refractivity contribution in [3.05, 3.63) is 34.9 Å². The normalized spacial score (nSPS) is 11.1. The van der Waals surface area contributed by atoms with E-state index >= 15 is 0 Å². The van der Waals surface area contributed by atoms with Crippen LogP contribution < -0.4 is 5.32 Å². The summed E-state index contributed by atoms with van der Waals surface area (Å²) in [5.74, 6) is -1.13. The van der Waals surface area contributed by atoms with Crippen LogP contribution in [-0.4, -0.2) is 23.5 Å². The largest absolute Gasteiger partial charge is 0.481 e. The quantitative estimate of drug-likeness (QED) is 0.861. The molecule has 1 amide bonds. The van der Waals surface area contributed by atoms with Crippen molar-refractivity contribution < 1.29 is 14.7 Å². The highest BCUT2D eigenvalue weighted by Gasteiger charge is 2.29. The van der Waals surface area contributed by atoms with E-state index in [9.17, 15) is 9.59 Å². The molecule has 0 aliphatic carbocycles. The molecule has 0 heterocycles. The Hall–Kier alpha value is -1.55. The molecule has 0 unspecified atom stereocenters. The van der Waals surface area contributed by atoms with Crippen LogP contribution in [0.4, 0.5) is 0 Å². The Bertz CT molecular complexity index is 440. The number of amides is 1. The van der Waals surface area contributed by atoms with Gasteiger partial charge in [0.05, 0.1) is 11.8 Å². The fraction of sp³-hybridized carbons (Fsp3) is 0.385. The number of rotatable bonds is 5. The van der Waals surface area contributed by atoms with Crippen LogP contribution in [0.5, 0.6) is 0 Å². The maximum atomic E-state index is 12.0. The van der Waals surface area contributed by atoms with Crippen LogP contribution in [-0.2, 0) is 15.0 Å². The van der Waals surface area contributed by atoms with Crippen LogP contribution >= 0.6 is 11.6 Å². The van der Waals surface area contributed by atoms with E-state index in [0.29, 0.717) is 5.02 Å². The molecule has 5 heteroatoms. The molecule has 1 aromatic carbocycles. The number of carboxylic acids is 1. The van der Waals surface area contributed by atoms with Crippen LogP contribution in [0.2, 0.25) is 5.02 Å². The third-order valence-corrected chi connectivity index (χ3v) is 3.01. The summed E-state index contributed by atoms with van der Waals surface area (Å²) in [6.07, 6.45) is -0.0809.